The monoisotopic (exact) mass is 473 g/mol. The third kappa shape index (κ3) is 6.80. The van der Waals surface area contributed by atoms with Crippen LogP contribution in [-0.2, 0) is 0 Å². The molecule has 0 unspecified atom stereocenters. The van der Waals surface area contributed by atoms with Gasteiger partial charge >= 0.3 is 0 Å². The molecule has 0 saturated heterocycles. The molecule has 0 atom stereocenters. The van der Waals surface area contributed by atoms with Crippen molar-refractivity contribution >= 4 is 52.2 Å². The maximum absolute atomic E-state index is 11.7. The Morgan fingerprint density at radius 3 is 1.64 bits per heavy atom. The minimum absolute atomic E-state index is 0.0840. The minimum Gasteiger partial charge on any atom is -0.370 e. The van der Waals surface area contributed by atoms with Crippen molar-refractivity contribution in [3.63, 3.8) is 0 Å². The Kier molecular flexibility index (Phi) is 9.13. The van der Waals surface area contributed by atoms with Crippen molar-refractivity contribution in [3.05, 3.63) is 91.0 Å². The van der Waals surface area contributed by atoms with E-state index in [0.717, 1.165) is 6.07 Å². The largest absolute Gasteiger partial charge is 0.370 e. The molecule has 4 N–H and O–H groups in total. The first-order valence-corrected chi connectivity index (χ1v) is 9.38. The van der Waals surface area contributed by atoms with E-state index in [2.05, 4.69) is 18.2 Å². The van der Waals surface area contributed by atoms with Crippen LogP contribution in [0.1, 0.15) is 43.0 Å². The Morgan fingerprint density at radius 1 is 0.909 bits per heavy atom. The Bertz CT molecular complexity index is 1200. The van der Waals surface area contributed by atoms with Crippen molar-refractivity contribution < 1.29 is 19.4 Å². The second kappa shape index (κ2) is 11.3. The number of guanidine groups is 1. The number of amides is 1. The first-order valence-electron chi connectivity index (χ1n) is 9.00. The maximum Gasteiger partial charge on any atom is 0.280 e. The van der Waals surface area contributed by atoms with E-state index in [-0.39, 0.29) is 22.5 Å². The van der Waals surface area contributed by atoms with Gasteiger partial charge in [-0.1, -0.05) is 25.3 Å². The summed E-state index contributed by atoms with van der Waals surface area (Å²) in [6.45, 7) is 10.2. The highest BCUT2D eigenvalue weighted by Crippen LogP contribution is 2.26. The van der Waals surface area contributed by atoms with Gasteiger partial charge in [0, 0.05) is 17.7 Å². The number of nitrogens with two attached hydrogens (primary N) is 2. The van der Waals surface area contributed by atoms with Crippen molar-refractivity contribution in [1.29, 1.82) is 0 Å². The molecule has 12 heteroatoms. The molecule has 33 heavy (non-hydrogen) atoms. The van der Waals surface area contributed by atoms with Gasteiger partial charge in [0.15, 0.2) is 5.96 Å². The summed E-state index contributed by atoms with van der Waals surface area (Å²) in [7, 11) is 0. The van der Waals surface area contributed by atoms with Crippen LogP contribution in [0, 0.1) is 34.1 Å². The van der Waals surface area contributed by atoms with E-state index in [4.69, 9.17) is 23.1 Å². The Labute approximate surface area is 193 Å². The van der Waals surface area contributed by atoms with E-state index in [9.17, 15) is 29.8 Å². The summed E-state index contributed by atoms with van der Waals surface area (Å²) >= 11 is 5.29. The molecule has 0 fully saturated rings. The van der Waals surface area contributed by atoms with Gasteiger partial charge in [0.25, 0.3) is 22.5 Å². The number of carbonyl (C=O) groups is 2. The summed E-state index contributed by atoms with van der Waals surface area (Å²) in [6.07, 6.45) is 2.72. The zero-order valence-electron chi connectivity index (χ0n) is 17.7. The van der Waals surface area contributed by atoms with Crippen LogP contribution in [0.15, 0.2) is 42.4 Å². The van der Waals surface area contributed by atoms with Crippen molar-refractivity contribution in [2.24, 2.45) is 16.5 Å². The standard InChI is InChI=1S/C11H12N4O3.C10H8ClNO3/c1-3-7-4-6(2)8(5-9(7)15(17)18)10(16)14-11(12)13;1-3-7-4-6(2)8(10(11)13)5-9(7)12(14)15/h3-5H,1H2,2H3,(H4,12,13,14,16);3-5H,1H2,2H3. The van der Waals surface area contributed by atoms with E-state index in [1.807, 2.05) is 0 Å². The molecule has 0 radical (unpaired) electrons. The third-order valence-corrected chi connectivity index (χ3v) is 4.46. The number of nitro groups is 2. The highest BCUT2D eigenvalue weighted by molar-refractivity contribution is 6.68. The lowest BCUT2D eigenvalue weighted by Gasteiger charge is -2.04. The molecule has 0 aliphatic carbocycles. The average molecular weight is 474 g/mol. The number of carbonyl (C=O) groups excluding carboxylic acids is 2. The van der Waals surface area contributed by atoms with Crippen LogP contribution >= 0.6 is 11.6 Å². The fraction of sp³-hybridized carbons (Fsp3) is 0.0952. The van der Waals surface area contributed by atoms with Crippen LogP contribution in [0.3, 0.4) is 0 Å². The molecule has 0 heterocycles. The van der Waals surface area contributed by atoms with Crippen LogP contribution in [0.4, 0.5) is 11.4 Å². The van der Waals surface area contributed by atoms with Crippen molar-refractivity contribution in [1.82, 2.24) is 0 Å². The van der Waals surface area contributed by atoms with Gasteiger partial charge in [-0.3, -0.25) is 29.8 Å². The van der Waals surface area contributed by atoms with Crippen LogP contribution < -0.4 is 11.5 Å². The predicted octanol–water partition coefficient (Wildman–Crippen LogP) is 3.89. The molecule has 0 saturated carbocycles. The van der Waals surface area contributed by atoms with Gasteiger partial charge in [0.05, 0.1) is 26.5 Å². The zero-order chi connectivity index (χ0) is 25.5. The molecule has 0 bridgehead atoms. The molecule has 2 rings (SSSR count). The van der Waals surface area contributed by atoms with E-state index in [0.29, 0.717) is 22.3 Å². The number of hydrogen-bond acceptors (Lipinski definition) is 6. The van der Waals surface area contributed by atoms with Crippen LogP contribution in [0.2, 0.25) is 0 Å². The highest BCUT2D eigenvalue weighted by Gasteiger charge is 2.19. The number of halogens is 1. The number of hydrogen-bond donors (Lipinski definition) is 2. The molecule has 2 aromatic rings. The van der Waals surface area contributed by atoms with Crippen molar-refractivity contribution in [2.45, 2.75) is 13.8 Å². The fourth-order valence-corrected chi connectivity index (χ4v) is 2.90. The molecular weight excluding hydrogens is 454 g/mol. The molecule has 1 amide bonds. The second-order valence-electron chi connectivity index (χ2n) is 6.49. The average Bonchev–Trinajstić information content (AvgIpc) is 2.72. The predicted molar refractivity (Wildman–Crippen MR) is 126 cm³/mol. The van der Waals surface area contributed by atoms with Crippen LogP contribution in [0.25, 0.3) is 12.2 Å². The van der Waals surface area contributed by atoms with Gasteiger partial charge < -0.3 is 11.5 Å². The van der Waals surface area contributed by atoms with E-state index in [1.54, 1.807) is 13.8 Å². The molecule has 2 aromatic carbocycles. The number of nitro benzene ring substituents is 2. The van der Waals surface area contributed by atoms with Gasteiger partial charge in [-0.2, -0.15) is 4.99 Å². The second-order valence-corrected chi connectivity index (χ2v) is 6.83. The lowest BCUT2D eigenvalue weighted by Crippen LogP contribution is -2.24. The SMILES string of the molecule is C=Cc1cc(C)c(C(=O)Cl)cc1[N+](=O)[O-].C=Cc1cc(C)c(C(=O)N=C(N)N)cc1[N+](=O)[O-]. The van der Waals surface area contributed by atoms with Gasteiger partial charge in [-0.15, -0.1) is 0 Å². The van der Waals surface area contributed by atoms with Crippen LogP contribution in [-0.4, -0.2) is 27.0 Å². The molecule has 0 spiro atoms. The van der Waals surface area contributed by atoms with E-state index in [1.165, 1.54) is 30.4 Å². The summed E-state index contributed by atoms with van der Waals surface area (Å²) in [5, 5.41) is 20.8. The number of benzene rings is 2. The summed E-state index contributed by atoms with van der Waals surface area (Å²) in [4.78, 5) is 46.3. The molecule has 0 aliphatic heterocycles. The van der Waals surface area contributed by atoms with Gasteiger partial charge in [-0.25, -0.2) is 0 Å². The molecule has 172 valence electrons. The zero-order valence-corrected chi connectivity index (χ0v) is 18.5. The molecule has 0 aliphatic rings. The van der Waals surface area contributed by atoms with Gasteiger partial charge in [0.1, 0.15) is 0 Å². The number of nitrogens with zero attached hydrogens (tertiary/aromatic N) is 3. The number of aryl methyl sites for hydroxylation is 2. The summed E-state index contributed by atoms with van der Waals surface area (Å²) in [5.41, 5.74) is 11.9. The van der Waals surface area contributed by atoms with Gasteiger partial charge in [0.2, 0.25) is 0 Å². The van der Waals surface area contributed by atoms with Crippen molar-refractivity contribution in [3.8, 4) is 0 Å². The Morgan fingerprint density at radius 2 is 1.30 bits per heavy atom. The summed E-state index contributed by atoms with van der Waals surface area (Å²) < 4.78 is 0. The maximum atomic E-state index is 11.7. The van der Waals surface area contributed by atoms with Crippen LogP contribution in [0.5, 0.6) is 0 Å². The quantitative estimate of drug-likeness (QED) is 0.208. The molecular formula is C21H20ClN5O6. The summed E-state index contributed by atoms with van der Waals surface area (Å²) in [5.74, 6) is -1.11. The molecule has 11 nitrogen and oxygen atoms in total. The first-order chi connectivity index (χ1) is 15.3. The van der Waals surface area contributed by atoms with Crippen molar-refractivity contribution in [2.75, 3.05) is 0 Å². The van der Waals surface area contributed by atoms with Gasteiger partial charge in [-0.05, 0) is 48.7 Å². The normalized spacial score (nSPS) is 9.67. The lowest BCUT2D eigenvalue weighted by molar-refractivity contribution is -0.385. The number of rotatable bonds is 6. The van der Waals surface area contributed by atoms with E-state index >= 15 is 0 Å². The Hall–Kier alpha value is -4.38. The Balaban J connectivity index is 0.000000335. The molecule has 0 aromatic heterocycles. The number of aliphatic imine (C=N–C) groups is 1. The third-order valence-electron chi connectivity index (χ3n) is 4.25. The summed E-state index contributed by atoms with van der Waals surface area (Å²) in [6, 6.07) is 5.31. The van der Waals surface area contributed by atoms with E-state index < -0.39 is 27.0 Å². The first kappa shape index (κ1) is 26.7. The topological polar surface area (TPSA) is 185 Å². The lowest BCUT2D eigenvalue weighted by atomic mass is 10.0. The fourth-order valence-electron chi connectivity index (χ4n) is 2.70. The minimum atomic E-state index is -0.716. The highest BCUT2D eigenvalue weighted by atomic mass is 35.5. The smallest absolute Gasteiger partial charge is 0.280 e.